The smallest absolute Gasteiger partial charge is 0.257 e. The van der Waals surface area contributed by atoms with Gasteiger partial charge < -0.3 is 5.11 Å². The molecule has 100 valence electrons. The summed E-state index contributed by atoms with van der Waals surface area (Å²) in [5, 5.41) is 13.9. The van der Waals surface area contributed by atoms with Gasteiger partial charge in [-0.25, -0.2) is 9.37 Å². The molecule has 0 saturated heterocycles. The molecule has 19 heavy (non-hydrogen) atoms. The van der Waals surface area contributed by atoms with E-state index < -0.39 is 17.8 Å². The van der Waals surface area contributed by atoms with Crippen molar-refractivity contribution < 1.29 is 14.3 Å². The van der Waals surface area contributed by atoms with Gasteiger partial charge in [0.15, 0.2) is 5.13 Å². The van der Waals surface area contributed by atoms with Crippen LogP contribution in [0.3, 0.4) is 0 Å². The van der Waals surface area contributed by atoms with E-state index in [1.165, 1.54) is 17.4 Å². The summed E-state index contributed by atoms with van der Waals surface area (Å²) in [6, 6.07) is 4.29. The minimum Gasteiger partial charge on any atom is -0.387 e. The van der Waals surface area contributed by atoms with Gasteiger partial charge in [0.2, 0.25) is 0 Å². The fraction of sp³-hybridized carbons (Fsp3) is 0.231. The number of carbonyl (C=O) groups is 1. The molecule has 1 amide bonds. The lowest BCUT2D eigenvalue weighted by Crippen LogP contribution is -2.12. The average Bonchev–Trinajstić information content (AvgIpc) is 2.81. The highest BCUT2D eigenvalue weighted by atomic mass is 32.1. The summed E-state index contributed by atoms with van der Waals surface area (Å²) in [5.41, 5.74) is 1.22. The second kappa shape index (κ2) is 5.46. The Morgan fingerprint density at radius 1 is 1.53 bits per heavy atom. The van der Waals surface area contributed by atoms with E-state index in [-0.39, 0.29) is 5.56 Å². The molecule has 2 rings (SSSR count). The number of amides is 1. The van der Waals surface area contributed by atoms with Crippen LogP contribution in [0.4, 0.5) is 9.52 Å². The van der Waals surface area contributed by atoms with Crippen molar-refractivity contribution >= 4 is 22.4 Å². The number of hydrogen-bond acceptors (Lipinski definition) is 4. The van der Waals surface area contributed by atoms with Gasteiger partial charge in [-0.15, -0.1) is 11.3 Å². The third kappa shape index (κ3) is 3.15. The summed E-state index contributed by atoms with van der Waals surface area (Å²) in [7, 11) is 0. The minimum absolute atomic E-state index is 0.233. The number of thiazole rings is 1. The number of anilines is 1. The molecule has 0 fully saturated rings. The molecule has 1 heterocycles. The fourth-order valence-electron chi connectivity index (χ4n) is 1.44. The largest absolute Gasteiger partial charge is 0.387 e. The van der Waals surface area contributed by atoms with Crippen LogP contribution in [0.1, 0.15) is 34.6 Å². The van der Waals surface area contributed by atoms with Crippen LogP contribution in [0.15, 0.2) is 23.6 Å². The highest BCUT2D eigenvalue weighted by Crippen LogP contribution is 2.21. The van der Waals surface area contributed by atoms with E-state index in [2.05, 4.69) is 10.3 Å². The van der Waals surface area contributed by atoms with Crippen molar-refractivity contribution in [3.63, 3.8) is 0 Å². The van der Waals surface area contributed by atoms with Gasteiger partial charge in [0.25, 0.3) is 5.91 Å². The molecule has 1 atom stereocenters. The molecule has 1 aromatic carbocycles. The first-order valence-corrected chi connectivity index (χ1v) is 6.56. The quantitative estimate of drug-likeness (QED) is 0.908. The van der Waals surface area contributed by atoms with Crippen molar-refractivity contribution in [2.45, 2.75) is 20.0 Å². The van der Waals surface area contributed by atoms with Gasteiger partial charge in [-0.05, 0) is 31.5 Å². The Bertz CT molecular complexity index is 610. The lowest BCUT2D eigenvalue weighted by Gasteiger charge is -2.03. The number of nitrogens with zero attached hydrogens (tertiary/aromatic N) is 1. The summed E-state index contributed by atoms with van der Waals surface area (Å²) in [5.74, 6) is -0.846. The van der Waals surface area contributed by atoms with Gasteiger partial charge in [0.05, 0.1) is 11.8 Å². The van der Waals surface area contributed by atoms with Crippen LogP contribution in [-0.2, 0) is 0 Å². The Balaban J connectivity index is 2.13. The molecule has 6 heteroatoms. The van der Waals surface area contributed by atoms with Crippen LogP contribution in [0.25, 0.3) is 0 Å². The molecule has 0 bridgehead atoms. The molecule has 0 aliphatic rings. The summed E-state index contributed by atoms with van der Waals surface area (Å²) in [6.45, 7) is 3.22. The number of rotatable bonds is 3. The van der Waals surface area contributed by atoms with Crippen LogP contribution >= 0.6 is 11.3 Å². The molecule has 1 unspecified atom stereocenters. The maximum absolute atomic E-state index is 13.4. The first-order valence-electron chi connectivity index (χ1n) is 5.68. The summed E-state index contributed by atoms with van der Waals surface area (Å²) in [4.78, 5) is 15.9. The van der Waals surface area contributed by atoms with Gasteiger partial charge >= 0.3 is 0 Å². The SMILES string of the molecule is Cc1ccc(C(=O)Nc2nc(C(C)O)cs2)cc1F. The predicted molar refractivity (Wildman–Crippen MR) is 71.8 cm³/mol. The summed E-state index contributed by atoms with van der Waals surface area (Å²) in [6.07, 6.45) is -0.682. The Kier molecular flexibility index (Phi) is 3.92. The molecule has 0 aliphatic heterocycles. The Labute approximate surface area is 113 Å². The number of aryl methyl sites for hydroxylation is 1. The van der Waals surface area contributed by atoms with E-state index in [1.54, 1.807) is 31.4 Å². The normalized spacial score (nSPS) is 12.2. The maximum Gasteiger partial charge on any atom is 0.257 e. The fourth-order valence-corrected chi connectivity index (χ4v) is 2.23. The monoisotopic (exact) mass is 280 g/mol. The minimum atomic E-state index is -0.682. The van der Waals surface area contributed by atoms with Gasteiger partial charge in [-0.3, -0.25) is 10.1 Å². The highest BCUT2D eigenvalue weighted by molar-refractivity contribution is 7.14. The first kappa shape index (κ1) is 13.6. The summed E-state index contributed by atoms with van der Waals surface area (Å²) >= 11 is 1.21. The Morgan fingerprint density at radius 2 is 2.26 bits per heavy atom. The van der Waals surface area contributed by atoms with E-state index in [4.69, 9.17) is 0 Å². The predicted octanol–water partition coefficient (Wildman–Crippen LogP) is 2.90. The highest BCUT2D eigenvalue weighted by Gasteiger charge is 2.12. The van der Waals surface area contributed by atoms with Gasteiger partial charge in [0, 0.05) is 10.9 Å². The molecule has 1 aromatic heterocycles. The second-order valence-corrected chi connectivity index (χ2v) is 5.03. The number of aliphatic hydroxyl groups excluding tert-OH is 1. The number of nitrogens with one attached hydrogen (secondary N) is 1. The molecular formula is C13H13FN2O2S. The van der Waals surface area contributed by atoms with Gasteiger partial charge in [-0.2, -0.15) is 0 Å². The zero-order valence-corrected chi connectivity index (χ0v) is 11.3. The van der Waals surface area contributed by atoms with E-state index in [0.29, 0.717) is 16.4 Å². The zero-order chi connectivity index (χ0) is 14.0. The van der Waals surface area contributed by atoms with Gasteiger partial charge in [-0.1, -0.05) is 6.07 Å². The average molecular weight is 280 g/mol. The van der Waals surface area contributed by atoms with Crippen molar-refractivity contribution in [3.8, 4) is 0 Å². The third-order valence-corrected chi connectivity index (χ3v) is 3.38. The number of carbonyl (C=O) groups excluding carboxylic acids is 1. The molecule has 0 radical (unpaired) electrons. The van der Waals surface area contributed by atoms with E-state index in [1.807, 2.05) is 0 Å². The van der Waals surface area contributed by atoms with Crippen molar-refractivity contribution in [1.29, 1.82) is 0 Å². The van der Waals surface area contributed by atoms with Crippen LogP contribution in [0, 0.1) is 12.7 Å². The maximum atomic E-state index is 13.4. The Morgan fingerprint density at radius 3 is 2.84 bits per heavy atom. The van der Waals surface area contributed by atoms with E-state index in [9.17, 15) is 14.3 Å². The van der Waals surface area contributed by atoms with E-state index in [0.717, 1.165) is 0 Å². The molecular weight excluding hydrogens is 267 g/mol. The van der Waals surface area contributed by atoms with Crippen molar-refractivity contribution in [2.75, 3.05) is 5.32 Å². The molecule has 4 nitrogen and oxygen atoms in total. The molecule has 0 aliphatic carbocycles. The molecule has 2 aromatic rings. The van der Waals surface area contributed by atoms with Crippen molar-refractivity contribution in [2.24, 2.45) is 0 Å². The first-order chi connectivity index (χ1) is 8.97. The lowest BCUT2D eigenvalue weighted by atomic mass is 10.1. The summed E-state index contributed by atoms with van der Waals surface area (Å²) < 4.78 is 13.4. The topological polar surface area (TPSA) is 62.2 Å². The van der Waals surface area contributed by atoms with Crippen LogP contribution < -0.4 is 5.32 Å². The molecule has 2 N–H and O–H groups in total. The number of aliphatic hydroxyl groups is 1. The Hall–Kier alpha value is -1.79. The number of benzene rings is 1. The van der Waals surface area contributed by atoms with Gasteiger partial charge in [0.1, 0.15) is 5.82 Å². The van der Waals surface area contributed by atoms with Crippen molar-refractivity contribution in [3.05, 3.63) is 46.2 Å². The molecule has 0 saturated carbocycles. The van der Waals surface area contributed by atoms with Crippen LogP contribution in [0.5, 0.6) is 0 Å². The lowest BCUT2D eigenvalue weighted by molar-refractivity contribution is 0.102. The van der Waals surface area contributed by atoms with E-state index >= 15 is 0 Å². The standard InChI is InChI=1S/C13H13FN2O2S/c1-7-3-4-9(5-10(7)14)12(18)16-13-15-11(6-19-13)8(2)17/h3-6,8,17H,1-2H3,(H,15,16,18). The third-order valence-electron chi connectivity index (χ3n) is 2.60. The zero-order valence-electron chi connectivity index (χ0n) is 10.5. The second-order valence-electron chi connectivity index (χ2n) is 4.17. The molecule has 0 spiro atoms. The number of halogens is 1. The van der Waals surface area contributed by atoms with Crippen molar-refractivity contribution in [1.82, 2.24) is 4.98 Å². The number of hydrogen-bond donors (Lipinski definition) is 2. The number of aromatic nitrogens is 1. The van der Waals surface area contributed by atoms with Crippen LogP contribution in [0.2, 0.25) is 0 Å². The van der Waals surface area contributed by atoms with Crippen LogP contribution in [-0.4, -0.2) is 16.0 Å².